The molecule has 0 aliphatic carbocycles. The Morgan fingerprint density at radius 1 is 0.912 bits per heavy atom. The van der Waals surface area contributed by atoms with Gasteiger partial charge in [-0.05, 0) is 44.0 Å². The first-order chi connectivity index (χ1) is 16.7. The molecule has 0 amide bonds. The maximum absolute atomic E-state index is 12.6. The fourth-order valence-corrected chi connectivity index (χ4v) is 5.29. The van der Waals surface area contributed by atoms with Gasteiger partial charge in [0.05, 0.1) is 23.3 Å². The van der Waals surface area contributed by atoms with Crippen molar-refractivity contribution in [1.82, 2.24) is 9.55 Å². The Bertz CT molecular complexity index is 1510. The molecule has 0 N–H and O–H groups in total. The average molecular weight is 450 g/mol. The van der Waals surface area contributed by atoms with E-state index in [0.717, 1.165) is 57.1 Å². The summed E-state index contributed by atoms with van der Waals surface area (Å²) in [6, 6.07) is 25.2. The Hall–Kier alpha value is -3.86. The van der Waals surface area contributed by atoms with Crippen molar-refractivity contribution < 1.29 is 9.53 Å². The molecule has 0 radical (unpaired) electrons. The van der Waals surface area contributed by atoms with Crippen LogP contribution in [0.15, 0.2) is 72.8 Å². The summed E-state index contributed by atoms with van der Waals surface area (Å²) in [5.41, 5.74) is 6.25. The van der Waals surface area contributed by atoms with Crippen molar-refractivity contribution in [2.45, 2.75) is 26.3 Å². The lowest BCUT2D eigenvalue weighted by Crippen LogP contribution is -2.17. The van der Waals surface area contributed by atoms with Crippen LogP contribution in [0.4, 0.5) is 5.69 Å². The number of hydrogen-bond donors (Lipinski definition) is 0. The topological polar surface area (TPSA) is 47.4 Å². The molecule has 6 rings (SSSR count). The van der Waals surface area contributed by atoms with Crippen LogP contribution in [0.5, 0.6) is 0 Å². The highest BCUT2D eigenvalue weighted by Crippen LogP contribution is 2.40. The molecule has 0 saturated carbocycles. The van der Waals surface area contributed by atoms with Gasteiger partial charge in [0, 0.05) is 46.0 Å². The Balaban J connectivity index is 1.62. The molecule has 1 fully saturated rings. The van der Waals surface area contributed by atoms with Gasteiger partial charge in [-0.3, -0.25) is 4.79 Å². The highest BCUT2D eigenvalue weighted by molar-refractivity contribution is 6.21. The molecule has 1 saturated heterocycles. The Morgan fingerprint density at radius 2 is 1.62 bits per heavy atom. The number of hydrogen-bond acceptors (Lipinski definition) is 4. The first-order valence-electron chi connectivity index (χ1n) is 12.1. The molecule has 0 spiro atoms. The summed E-state index contributed by atoms with van der Waals surface area (Å²) in [5, 5.41) is 3.21. The summed E-state index contributed by atoms with van der Waals surface area (Å²) < 4.78 is 7.41. The fourth-order valence-electron chi connectivity index (χ4n) is 5.29. The number of aromatic nitrogens is 2. The first-order valence-corrected chi connectivity index (χ1v) is 12.1. The molecule has 2 aromatic heterocycles. The molecular formula is C29H27N3O2. The van der Waals surface area contributed by atoms with Crippen molar-refractivity contribution >= 4 is 44.4 Å². The molecule has 0 unspecified atom stereocenters. The lowest BCUT2D eigenvalue weighted by atomic mass is 10.0. The minimum Gasteiger partial charge on any atom is -0.465 e. The number of rotatable bonds is 5. The zero-order chi connectivity index (χ0) is 23.1. The lowest BCUT2D eigenvalue weighted by molar-refractivity contribution is -0.143. The second-order valence-electron chi connectivity index (χ2n) is 8.85. The van der Waals surface area contributed by atoms with E-state index in [-0.39, 0.29) is 12.5 Å². The number of pyridine rings is 1. The fraction of sp³-hybridized carbons (Fsp3) is 0.241. The van der Waals surface area contributed by atoms with Gasteiger partial charge in [0.2, 0.25) is 0 Å². The summed E-state index contributed by atoms with van der Waals surface area (Å²) in [7, 11) is 0. The smallest absolute Gasteiger partial charge is 0.325 e. The number of carbonyl (C=O) groups is 1. The van der Waals surface area contributed by atoms with Crippen molar-refractivity contribution in [3.05, 3.63) is 72.8 Å². The number of carbonyl (C=O) groups excluding carboxylic acids is 1. The second kappa shape index (κ2) is 8.49. The molecule has 34 heavy (non-hydrogen) atoms. The van der Waals surface area contributed by atoms with Crippen LogP contribution in [0.25, 0.3) is 44.0 Å². The number of anilines is 1. The molecule has 5 aromatic rings. The molecule has 1 aliphatic heterocycles. The number of nitrogens with zero attached hydrogens (tertiary/aromatic N) is 3. The third kappa shape index (κ3) is 3.39. The molecule has 0 bridgehead atoms. The van der Waals surface area contributed by atoms with Gasteiger partial charge >= 0.3 is 5.97 Å². The van der Waals surface area contributed by atoms with Crippen molar-refractivity contribution in [3.63, 3.8) is 0 Å². The van der Waals surface area contributed by atoms with Crippen molar-refractivity contribution in [3.8, 4) is 11.3 Å². The lowest BCUT2D eigenvalue weighted by Gasteiger charge is -2.18. The summed E-state index contributed by atoms with van der Waals surface area (Å²) in [6.07, 6.45) is 2.52. The van der Waals surface area contributed by atoms with Crippen LogP contribution in [0.2, 0.25) is 0 Å². The van der Waals surface area contributed by atoms with E-state index in [9.17, 15) is 4.79 Å². The van der Waals surface area contributed by atoms with Gasteiger partial charge in [-0.15, -0.1) is 0 Å². The standard InChI is InChI=1S/C29H27N3O2/c1-2-34-26(33)19-32-25-12-6-4-10-23(25)27-28(30-24-11-5-3-9-22(24)29(27)32)20-13-15-21(16-14-20)31-17-7-8-18-31/h3-6,9-16H,2,7-8,17-19H2,1H3. The second-order valence-corrected chi connectivity index (χ2v) is 8.85. The van der Waals surface area contributed by atoms with Gasteiger partial charge < -0.3 is 14.2 Å². The van der Waals surface area contributed by atoms with E-state index in [1.165, 1.54) is 18.5 Å². The molecular weight excluding hydrogens is 422 g/mol. The van der Waals surface area contributed by atoms with Crippen LogP contribution in [-0.2, 0) is 16.1 Å². The van der Waals surface area contributed by atoms with Gasteiger partial charge in [-0.25, -0.2) is 4.98 Å². The normalized spacial score (nSPS) is 13.9. The van der Waals surface area contributed by atoms with E-state index in [2.05, 4.69) is 51.9 Å². The van der Waals surface area contributed by atoms with Crippen molar-refractivity contribution in [2.75, 3.05) is 24.6 Å². The Morgan fingerprint density at radius 3 is 2.38 bits per heavy atom. The summed E-state index contributed by atoms with van der Waals surface area (Å²) in [4.78, 5) is 20.2. The minimum atomic E-state index is -0.234. The van der Waals surface area contributed by atoms with Gasteiger partial charge in [0.15, 0.2) is 0 Å². The first kappa shape index (κ1) is 20.7. The number of para-hydroxylation sites is 2. The van der Waals surface area contributed by atoms with E-state index < -0.39 is 0 Å². The highest BCUT2D eigenvalue weighted by Gasteiger charge is 2.21. The van der Waals surface area contributed by atoms with Crippen LogP contribution in [-0.4, -0.2) is 35.2 Å². The van der Waals surface area contributed by atoms with E-state index in [4.69, 9.17) is 9.72 Å². The molecule has 5 nitrogen and oxygen atoms in total. The maximum atomic E-state index is 12.6. The van der Waals surface area contributed by atoms with Crippen LogP contribution < -0.4 is 4.90 Å². The summed E-state index contributed by atoms with van der Waals surface area (Å²) in [6.45, 7) is 4.62. The predicted octanol–water partition coefficient (Wildman–Crippen LogP) is 6.17. The van der Waals surface area contributed by atoms with Gasteiger partial charge in [0.1, 0.15) is 6.54 Å². The maximum Gasteiger partial charge on any atom is 0.325 e. The monoisotopic (exact) mass is 449 g/mol. The molecule has 170 valence electrons. The number of fused-ring (bicyclic) bond motifs is 5. The molecule has 3 aromatic carbocycles. The van der Waals surface area contributed by atoms with Crippen molar-refractivity contribution in [1.29, 1.82) is 0 Å². The largest absolute Gasteiger partial charge is 0.465 e. The van der Waals surface area contributed by atoms with Crippen LogP contribution in [0.3, 0.4) is 0 Å². The number of ether oxygens (including phenoxy) is 1. The van der Waals surface area contributed by atoms with E-state index in [0.29, 0.717) is 6.61 Å². The average Bonchev–Trinajstić information content (AvgIpc) is 3.52. The summed E-state index contributed by atoms with van der Waals surface area (Å²) >= 11 is 0. The number of benzene rings is 3. The zero-order valence-corrected chi connectivity index (χ0v) is 19.3. The molecule has 1 aliphatic rings. The van der Waals surface area contributed by atoms with E-state index in [1.54, 1.807) is 0 Å². The van der Waals surface area contributed by atoms with Crippen LogP contribution >= 0.6 is 0 Å². The molecule has 3 heterocycles. The molecule has 5 heteroatoms. The zero-order valence-electron chi connectivity index (χ0n) is 19.3. The Kier molecular flexibility index (Phi) is 5.17. The Labute approximate surface area is 198 Å². The van der Waals surface area contributed by atoms with Crippen LogP contribution in [0.1, 0.15) is 19.8 Å². The summed E-state index contributed by atoms with van der Waals surface area (Å²) in [5.74, 6) is -0.234. The van der Waals surface area contributed by atoms with Crippen LogP contribution in [0, 0.1) is 0 Å². The third-order valence-corrected chi connectivity index (χ3v) is 6.80. The van der Waals surface area contributed by atoms with Crippen molar-refractivity contribution in [2.24, 2.45) is 0 Å². The highest BCUT2D eigenvalue weighted by atomic mass is 16.5. The quantitative estimate of drug-likeness (QED) is 0.301. The van der Waals surface area contributed by atoms with Gasteiger partial charge in [-0.2, -0.15) is 0 Å². The van der Waals surface area contributed by atoms with E-state index >= 15 is 0 Å². The third-order valence-electron chi connectivity index (χ3n) is 6.80. The SMILES string of the molecule is CCOC(=O)Cn1c2ccccc2c2c(-c3ccc(N4CCCC4)cc3)nc3ccccc3c21. The predicted molar refractivity (Wildman–Crippen MR) is 138 cm³/mol. The minimum absolute atomic E-state index is 0.166. The van der Waals surface area contributed by atoms with Gasteiger partial charge in [-0.1, -0.05) is 48.5 Å². The number of esters is 1. The van der Waals surface area contributed by atoms with Gasteiger partial charge in [0.25, 0.3) is 0 Å². The molecule has 0 atom stereocenters. The van der Waals surface area contributed by atoms with E-state index in [1.807, 2.05) is 37.3 Å².